The molecule has 1 heterocycles. The molecule has 3 rings (SSSR count). The third kappa shape index (κ3) is 0.925. The van der Waals surface area contributed by atoms with Crippen LogP contribution in [-0.4, -0.2) is 9.55 Å². The van der Waals surface area contributed by atoms with Crippen LogP contribution in [0.15, 0.2) is 6.33 Å². The summed E-state index contributed by atoms with van der Waals surface area (Å²) in [4.78, 5) is 4.16. The Morgan fingerprint density at radius 1 is 1.57 bits per heavy atom. The Kier molecular flexibility index (Phi) is 1.45. The zero-order chi connectivity index (χ0) is 9.87. The van der Waals surface area contributed by atoms with Gasteiger partial charge in [0.15, 0.2) is 0 Å². The smallest absolute Gasteiger partial charge is 0.131 e. The summed E-state index contributed by atoms with van der Waals surface area (Å²) in [7, 11) is 0. The van der Waals surface area contributed by atoms with E-state index in [1.54, 1.807) is 6.33 Å². The lowest BCUT2D eigenvalue weighted by molar-refractivity contribution is 0.581. The third-order valence-corrected chi connectivity index (χ3v) is 3.15. The highest BCUT2D eigenvalue weighted by atomic mass is 19.1. The molecule has 2 unspecified atom stereocenters. The molecule has 0 aliphatic heterocycles. The number of aromatic nitrogens is 2. The molecular weight excluding hydrogens is 179 g/mol. The summed E-state index contributed by atoms with van der Waals surface area (Å²) < 4.78 is 15.8. The molecule has 0 aromatic carbocycles. The van der Waals surface area contributed by atoms with E-state index in [9.17, 15) is 4.39 Å². The maximum absolute atomic E-state index is 13.7. The van der Waals surface area contributed by atoms with Gasteiger partial charge in [0.05, 0.1) is 11.7 Å². The molecule has 2 aliphatic rings. The molecule has 1 aromatic heterocycles. The van der Waals surface area contributed by atoms with Crippen molar-refractivity contribution in [1.82, 2.24) is 9.55 Å². The average Bonchev–Trinajstić information content (AvgIpc) is 2.76. The molecule has 0 spiro atoms. The zero-order valence-electron chi connectivity index (χ0n) is 8.37. The van der Waals surface area contributed by atoms with Crippen molar-refractivity contribution in [3.05, 3.63) is 17.0 Å². The highest BCUT2D eigenvalue weighted by molar-refractivity contribution is 5.53. The fourth-order valence-electron chi connectivity index (χ4n) is 2.20. The van der Waals surface area contributed by atoms with Crippen LogP contribution >= 0.6 is 0 Å². The molecule has 0 bridgehead atoms. The maximum Gasteiger partial charge on any atom is 0.131 e. The van der Waals surface area contributed by atoms with Crippen LogP contribution in [0.1, 0.15) is 26.3 Å². The second-order valence-corrected chi connectivity index (χ2v) is 4.50. The van der Waals surface area contributed by atoms with E-state index in [0.29, 0.717) is 17.3 Å². The second kappa shape index (κ2) is 2.47. The van der Waals surface area contributed by atoms with Crippen LogP contribution in [0.5, 0.6) is 0 Å². The molecule has 1 saturated carbocycles. The van der Waals surface area contributed by atoms with Gasteiger partial charge in [0, 0.05) is 12.0 Å². The number of halogens is 1. The molecule has 2 aliphatic carbocycles. The first-order chi connectivity index (χ1) is 6.68. The molecule has 74 valence electrons. The number of rotatable bonds is 1. The maximum atomic E-state index is 13.7. The first-order valence-electron chi connectivity index (χ1n) is 5.13. The molecule has 14 heavy (non-hydrogen) atoms. The minimum absolute atomic E-state index is 0.00639. The second-order valence-electron chi connectivity index (χ2n) is 4.50. The Bertz CT molecular complexity index is 498. The van der Waals surface area contributed by atoms with Gasteiger partial charge in [0.1, 0.15) is 11.2 Å². The van der Waals surface area contributed by atoms with Gasteiger partial charge in [0.2, 0.25) is 0 Å². The van der Waals surface area contributed by atoms with Crippen LogP contribution in [0.3, 0.4) is 0 Å². The molecule has 0 N–H and O–H groups in total. The highest BCUT2D eigenvalue weighted by Crippen LogP contribution is 2.46. The number of hydrogen-bond donors (Lipinski definition) is 0. The molecule has 1 aromatic rings. The van der Waals surface area contributed by atoms with E-state index in [2.05, 4.69) is 24.9 Å². The van der Waals surface area contributed by atoms with Gasteiger partial charge in [-0.15, -0.1) is 0 Å². The molecule has 2 nitrogen and oxygen atoms in total. The van der Waals surface area contributed by atoms with E-state index in [0.717, 1.165) is 11.8 Å². The van der Waals surface area contributed by atoms with Crippen LogP contribution in [0.25, 0.3) is 11.9 Å². The zero-order valence-corrected chi connectivity index (χ0v) is 8.37. The fraction of sp³-hybridized carbons (Fsp3) is 0.545. The summed E-state index contributed by atoms with van der Waals surface area (Å²) in [6.07, 6.45) is 4.90. The number of imidazole rings is 1. The predicted molar refractivity (Wildman–Crippen MR) is 52.4 cm³/mol. The van der Waals surface area contributed by atoms with Crippen molar-refractivity contribution in [2.75, 3.05) is 0 Å². The van der Waals surface area contributed by atoms with Crippen molar-refractivity contribution in [2.45, 2.75) is 26.3 Å². The fourth-order valence-corrected chi connectivity index (χ4v) is 2.20. The van der Waals surface area contributed by atoms with E-state index >= 15 is 0 Å². The molecule has 1 fully saturated rings. The van der Waals surface area contributed by atoms with Crippen molar-refractivity contribution in [2.24, 2.45) is 11.8 Å². The summed E-state index contributed by atoms with van der Waals surface area (Å²) in [5, 5.41) is 1.56. The van der Waals surface area contributed by atoms with E-state index in [4.69, 9.17) is 0 Å². The Labute approximate surface area is 81.8 Å². The first-order valence-corrected chi connectivity index (χ1v) is 5.13. The number of fused-ring (bicyclic) bond motifs is 2. The van der Waals surface area contributed by atoms with Crippen molar-refractivity contribution in [1.29, 1.82) is 0 Å². The summed E-state index contributed by atoms with van der Waals surface area (Å²) >= 11 is 0. The monoisotopic (exact) mass is 192 g/mol. The quantitative estimate of drug-likeness (QED) is 0.648. The summed E-state index contributed by atoms with van der Waals surface area (Å²) in [5.74, 6) is 0.599. The number of hydrogen-bond acceptors (Lipinski definition) is 1. The Balaban J connectivity index is 2.34. The normalized spacial score (nSPS) is 28.4. The van der Waals surface area contributed by atoms with E-state index < -0.39 is 0 Å². The third-order valence-electron chi connectivity index (χ3n) is 3.15. The van der Waals surface area contributed by atoms with Gasteiger partial charge >= 0.3 is 0 Å². The van der Waals surface area contributed by atoms with Crippen molar-refractivity contribution >= 4 is 11.9 Å². The molecule has 3 heteroatoms. The lowest BCUT2D eigenvalue weighted by Gasteiger charge is -2.07. The lowest BCUT2D eigenvalue weighted by atomic mass is 10.2. The van der Waals surface area contributed by atoms with Gasteiger partial charge in [-0.25, -0.2) is 9.37 Å². The minimum atomic E-state index is 0.00639. The van der Waals surface area contributed by atoms with Crippen LogP contribution in [0.2, 0.25) is 0 Å². The molecule has 0 saturated heterocycles. The van der Waals surface area contributed by atoms with Crippen molar-refractivity contribution < 1.29 is 4.39 Å². The van der Waals surface area contributed by atoms with Gasteiger partial charge in [-0.05, 0) is 26.2 Å². The van der Waals surface area contributed by atoms with Crippen molar-refractivity contribution in [3.8, 4) is 0 Å². The van der Waals surface area contributed by atoms with E-state index in [1.807, 2.05) is 4.57 Å². The topological polar surface area (TPSA) is 17.8 Å². The Hall–Kier alpha value is -1.12. The standard InChI is InChI=1S/C11H13FN2/c1-6(2)14-5-13-11-9(14)4-7-3-8(7)10(11)12/h4-8H,3H2,1-2H3. The average molecular weight is 192 g/mol. The molecule has 0 radical (unpaired) electrons. The summed E-state index contributed by atoms with van der Waals surface area (Å²) in [6, 6.07) is 0.352. The van der Waals surface area contributed by atoms with Crippen LogP contribution < -0.4 is 10.7 Å². The van der Waals surface area contributed by atoms with Crippen LogP contribution in [0.4, 0.5) is 4.39 Å². The molecule has 0 amide bonds. The Morgan fingerprint density at radius 2 is 2.36 bits per heavy atom. The van der Waals surface area contributed by atoms with E-state index in [-0.39, 0.29) is 11.7 Å². The summed E-state index contributed by atoms with van der Waals surface area (Å²) in [5.41, 5.74) is 0. The number of nitrogens with zero attached hydrogens (tertiary/aromatic N) is 2. The highest BCUT2D eigenvalue weighted by Gasteiger charge is 2.42. The van der Waals surface area contributed by atoms with Gasteiger partial charge in [-0.3, -0.25) is 0 Å². The van der Waals surface area contributed by atoms with Gasteiger partial charge in [0.25, 0.3) is 0 Å². The van der Waals surface area contributed by atoms with Crippen LogP contribution in [-0.2, 0) is 0 Å². The summed E-state index contributed by atoms with van der Waals surface area (Å²) in [6.45, 7) is 4.18. The van der Waals surface area contributed by atoms with Crippen molar-refractivity contribution in [3.63, 3.8) is 0 Å². The van der Waals surface area contributed by atoms with Gasteiger partial charge in [-0.1, -0.05) is 6.08 Å². The first kappa shape index (κ1) is 8.21. The van der Waals surface area contributed by atoms with Gasteiger partial charge < -0.3 is 4.57 Å². The largest absolute Gasteiger partial charge is 0.328 e. The van der Waals surface area contributed by atoms with E-state index in [1.165, 1.54) is 0 Å². The predicted octanol–water partition coefficient (Wildman–Crippen LogP) is 0.972. The Morgan fingerprint density at radius 3 is 3.07 bits per heavy atom. The van der Waals surface area contributed by atoms with Crippen LogP contribution in [0, 0.1) is 11.8 Å². The molecular formula is C11H13FN2. The SMILES string of the molecule is CC(C)n1cnc2c1=CC1CC1C=2F. The minimum Gasteiger partial charge on any atom is -0.328 e. The molecule has 2 atom stereocenters. The van der Waals surface area contributed by atoms with Gasteiger partial charge in [-0.2, -0.15) is 0 Å². The lowest BCUT2D eigenvalue weighted by Crippen LogP contribution is -2.34.